The number of carbonyl (C=O) groups excluding carboxylic acids is 1. The average Bonchev–Trinajstić information content (AvgIpc) is 3.11. The van der Waals surface area contributed by atoms with Gasteiger partial charge < -0.3 is 15.3 Å². The standard InChI is InChI=1S/C16H15FN4O3/c17-10-4-3-5-13(21-6-1-2-7-21)14(10)20-15(22)11-8-19-12(9-18-11)16(23)24/h3-5,8-9H,1-2,6-7H2,(H,20,22)(H,23,24). The van der Waals surface area contributed by atoms with Crippen LogP contribution in [0, 0.1) is 5.82 Å². The van der Waals surface area contributed by atoms with Crippen molar-refractivity contribution >= 4 is 23.3 Å². The third kappa shape index (κ3) is 3.17. The number of nitrogens with zero attached hydrogens (tertiary/aromatic N) is 3. The lowest BCUT2D eigenvalue weighted by molar-refractivity contribution is 0.0689. The molecule has 2 N–H and O–H groups in total. The molecule has 1 aromatic heterocycles. The molecule has 1 aliphatic heterocycles. The predicted octanol–water partition coefficient (Wildman–Crippen LogP) is 2.17. The summed E-state index contributed by atoms with van der Waals surface area (Å²) < 4.78 is 14.2. The zero-order valence-corrected chi connectivity index (χ0v) is 12.7. The summed E-state index contributed by atoms with van der Waals surface area (Å²) in [5.74, 6) is -2.42. The van der Waals surface area contributed by atoms with Crippen LogP contribution in [0.25, 0.3) is 0 Å². The highest BCUT2D eigenvalue weighted by molar-refractivity contribution is 6.04. The third-order valence-corrected chi connectivity index (χ3v) is 3.78. The van der Waals surface area contributed by atoms with Gasteiger partial charge >= 0.3 is 5.97 Å². The maximum absolute atomic E-state index is 14.2. The van der Waals surface area contributed by atoms with E-state index < -0.39 is 17.7 Å². The third-order valence-electron chi connectivity index (χ3n) is 3.78. The zero-order valence-electron chi connectivity index (χ0n) is 12.7. The van der Waals surface area contributed by atoms with Crippen LogP contribution >= 0.6 is 0 Å². The van der Waals surface area contributed by atoms with Crippen molar-refractivity contribution in [1.29, 1.82) is 0 Å². The average molecular weight is 330 g/mol. The summed E-state index contributed by atoms with van der Waals surface area (Å²) in [6.45, 7) is 1.61. The smallest absolute Gasteiger partial charge is 0.356 e. The highest BCUT2D eigenvalue weighted by Gasteiger charge is 2.20. The highest BCUT2D eigenvalue weighted by Crippen LogP contribution is 2.31. The number of carbonyl (C=O) groups is 2. The van der Waals surface area contributed by atoms with Crippen LogP contribution in [0.15, 0.2) is 30.6 Å². The Morgan fingerprint density at radius 1 is 1.12 bits per heavy atom. The van der Waals surface area contributed by atoms with Crippen molar-refractivity contribution in [1.82, 2.24) is 9.97 Å². The molecule has 0 atom stereocenters. The molecule has 3 rings (SSSR count). The molecule has 2 heterocycles. The summed E-state index contributed by atoms with van der Waals surface area (Å²) in [6.07, 6.45) is 4.08. The van der Waals surface area contributed by atoms with Crippen LogP contribution in [-0.4, -0.2) is 40.0 Å². The van der Waals surface area contributed by atoms with E-state index in [0.29, 0.717) is 5.69 Å². The minimum Gasteiger partial charge on any atom is -0.476 e. The Kier molecular flexibility index (Phi) is 4.37. The first-order valence-electron chi connectivity index (χ1n) is 7.46. The Bertz CT molecular complexity index is 773. The van der Waals surface area contributed by atoms with Crippen LogP contribution in [0.3, 0.4) is 0 Å². The first kappa shape index (κ1) is 15.9. The van der Waals surface area contributed by atoms with Gasteiger partial charge in [-0.2, -0.15) is 0 Å². The SMILES string of the molecule is O=C(O)c1cnc(C(=O)Nc2c(F)cccc2N2CCCC2)cn1. The van der Waals surface area contributed by atoms with Gasteiger partial charge in [-0.25, -0.2) is 19.2 Å². The number of benzene rings is 1. The molecule has 0 unspecified atom stereocenters. The number of para-hydroxylation sites is 1. The molecule has 1 aliphatic rings. The maximum Gasteiger partial charge on any atom is 0.356 e. The Morgan fingerprint density at radius 3 is 2.42 bits per heavy atom. The van der Waals surface area contributed by atoms with Gasteiger partial charge in [0.05, 0.1) is 18.1 Å². The van der Waals surface area contributed by atoms with Gasteiger partial charge in [0.1, 0.15) is 17.2 Å². The molecule has 7 nitrogen and oxygen atoms in total. The van der Waals surface area contributed by atoms with Gasteiger partial charge in [-0.05, 0) is 25.0 Å². The fourth-order valence-electron chi connectivity index (χ4n) is 2.59. The monoisotopic (exact) mass is 330 g/mol. The van der Waals surface area contributed by atoms with Crippen LogP contribution in [-0.2, 0) is 0 Å². The van der Waals surface area contributed by atoms with Crippen LogP contribution < -0.4 is 10.2 Å². The predicted molar refractivity (Wildman–Crippen MR) is 84.8 cm³/mol. The number of carboxylic acids is 1. The van der Waals surface area contributed by atoms with Gasteiger partial charge in [-0.1, -0.05) is 6.07 Å². The second-order valence-electron chi connectivity index (χ2n) is 5.37. The van der Waals surface area contributed by atoms with Crippen molar-refractivity contribution in [2.24, 2.45) is 0 Å². The normalized spacial score (nSPS) is 13.8. The number of aromatic carboxylic acids is 1. The maximum atomic E-state index is 14.2. The minimum atomic E-state index is -1.24. The number of aromatic nitrogens is 2. The zero-order chi connectivity index (χ0) is 17.1. The number of halogens is 1. The van der Waals surface area contributed by atoms with E-state index in [9.17, 15) is 14.0 Å². The fraction of sp³-hybridized carbons (Fsp3) is 0.250. The lowest BCUT2D eigenvalue weighted by Gasteiger charge is -2.21. The van der Waals surface area contributed by atoms with E-state index in [1.165, 1.54) is 6.07 Å². The summed E-state index contributed by atoms with van der Waals surface area (Å²) in [7, 11) is 0. The Morgan fingerprint density at radius 2 is 1.79 bits per heavy atom. The number of rotatable bonds is 4. The molecule has 8 heteroatoms. The molecule has 0 spiro atoms. The molecular formula is C16H15FN4O3. The molecule has 124 valence electrons. The molecule has 0 saturated carbocycles. The molecule has 1 amide bonds. The Hall–Kier alpha value is -3.03. The molecular weight excluding hydrogens is 315 g/mol. The van der Waals surface area contributed by atoms with Gasteiger partial charge in [-0.3, -0.25) is 4.79 Å². The second-order valence-corrected chi connectivity index (χ2v) is 5.37. The molecule has 0 bridgehead atoms. The molecule has 1 fully saturated rings. The Balaban J connectivity index is 1.84. The molecule has 2 aromatic rings. The van der Waals surface area contributed by atoms with E-state index >= 15 is 0 Å². The lowest BCUT2D eigenvalue weighted by atomic mass is 10.2. The van der Waals surface area contributed by atoms with Gasteiger partial charge in [0, 0.05) is 13.1 Å². The van der Waals surface area contributed by atoms with E-state index in [4.69, 9.17) is 5.11 Å². The number of carboxylic acid groups (broad SMARTS) is 1. The number of amides is 1. The van der Waals surface area contributed by atoms with Gasteiger partial charge in [0.15, 0.2) is 5.69 Å². The van der Waals surface area contributed by atoms with Crippen molar-refractivity contribution in [3.8, 4) is 0 Å². The quantitative estimate of drug-likeness (QED) is 0.892. The van der Waals surface area contributed by atoms with E-state index in [1.807, 2.05) is 4.90 Å². The largest absolute Gasteiger partial charge is 0.476 e. The van der Waals surface area contributed by atoms with Crippen molar-refractivity contribution in [2.45, 2.75) is 12.8 Å². The topological polar surface area (TPSA) is 95.4 Å². The van der Waals surface area contributed by atoms with Gasteiger partial charge in [-0.15, -0.1) is 0 Å². The van der Waals surface area contributed by atoms with E-state index in [2.05, 4.69) is 15.3 Å². The van der Waals surface area contributed by atoms with Crippen LogP contribution in [0.2, 0.25) is 0 Å². The first-order chi connectivity index (χ1) is 11.6. The summed E-state index contributed by atoms with van der Waals surface area (Å²) >= 11 is 0. The number of hydrogen-bond donors (Lipinski definition) is 2. The van der Waals surface area contributed by atoms with Gasteiger partial charge in [0.25, 0.3) is 5.91 Å². The highest BCUT2D eigenvalue weighted by atomic mass is 19.1. The minimum absolute atomic E-state index is 0.0874. The molecule has 24 heavy (non-hydrogen) atoms. The number of anilines is 2. The molecule has 1 saturated heterocycles. The first-order valence-corrected chi connectivity index (χ1v) is 7.46. The second kappa shape index (κ2) is 6.61. The van der Waals surface area contributed by atoms with Crippen LogP contribution in [0.1, 0.15) is 33.8 Å². The van der Waals surface area contributed by atoms with E-state index in [-0.39, 0.29) is 17.1 Å². The van der Waals surface area contributed by atoms with Crippen LogP contribution in [0.5, 0.6) is 0 Å². The molecule has 0 aliphatic carbocycles. The summed E-state index contributed by atoms with van der Waals surface area (Å²) in [5.41, 5.74) is 0.357. The van der Waals surface area contributed by atoms with Crippen LogP contribution in [0.4, 0.5) is 15.8 Å². The summed E-state index contributed by atoms with van der Waals surface area (Å²) in [6, 6.07) is 4.62. The summed E-state index contributed by atoms with van der Waals surface area (Å²) in [4.78, 5) is 32.4. The van der Waals surface area contributed by atoms with Crippen molar-refractivity contribution < 1.29 is 19.1 Å². The number of nitrogens with one attached hydrogen (secondary N) is 1. The van der Waals surface area contributed by atoms with E-state index in [0.717, 1.165) is 38.3 Å². The van der Waals surface area contributed by atoms with Crippen molar-refractivity contribution in [3.05, 3.63) is 47.8 Å². The van der Waals surface area contributed by atoms with Crippen molar-refractivity contribution in [2.75, 3.05) is 23.3 Å². The Labute approximate surface area is 137 Å². The van der Waals surface area contributed by atoms with E-state index in [1.54, 1.807) is 12.1 Å². The van der Waals surface area contributed by atoms with Gasteiger partial charge in [0.2, 0.25) is 0 Å². The van der Waals surface area contributed by atoms with Crippen molar-refractivity contribution in [3.63, 3.8) is 0 Å². The summed E-state index contributed by atoms with van der Waals surface area (Å²) in [5, 5.41) is 11.3. The fourth-order valence-corrected chi connectivity index (χ4v) is 2.59. The molecule has 1 aromatic carbocycles. The lowest BCUT2D eigenvalue weighted by Crippen LogP contribution is -2.22. The molecule has 0 radical (unpaired) electrons. The number of hydrogen-bond acceptors (Lipinski definition) is 5.